The Morgan fingerprint density at radius 3 is 2.58 bits per heavy atom. The SMILES string of the molecule is CC1CCNC(C(=O)NCC(C)(C)CN(C)C)C1.Cl. The third-order valence-electron chi connectivity index (χ3n) is 3.47. The normalized spacial score (nSPS) is 23.9. The fourth-order valence-electron chi connectivity index (χ4n) is 2.67. The maximum Gasteiger partial charge on any atom is 0.237 e. The molecule has 0 bridgehead atoms. The summed E-state index contributed by atoms with van der Waals surface area (Å²) in [5.41, 5.74) is 0.111. The minimum Gasteiger partial charge on any atom is -0.354 e. The minimum absolute atomic E-state index is 0. The molecule has 4 nitrogen and oxygen atoms in total. The number of nitrogens with one attached hydrogen (secondary N) is 2. The van der Waals surface area contributed by atoms with Crippen LogP contribution in [0.2, 0.25) is 0 Å². The largest absolute Gasteiger partial charge is 0.354 e. The van der Waals surface area contributed by atoms with Gasteiger partial charge in [-0.2, -0.15) is 0 Å². The number of hydrogen-bond donors (Lipinski definition) is 2. The molecule has 2 atom stereocenters. The molecule has 1 amide bonds. The Kier molecular flexibility index (Phi) is 7.94. The highest BCUT2D eigenvalue weighted by atomic mass is 35.5. The van der Waals surface area contributed by atoms with E-state index in [0.29, 0.717) is 5.92 Å². The zero-order valence-corrected chi connectivity index (χ0v) is 13.8. The fraction of sp³-hybridized carbons (Fsp3) is 0.929. The van der Waals surface area contributed by atoms with E-state index in [1.54, 1.807) is 0 Å². The zero-order valence-electron chi connectivity index (χ0n) is 13.0. The van der Waals surface area contributed by atoms with Gasteiger partial charge in [0.05, 0.1) is 6.04 Å². The van der Waals surface area contributed by atoms with Crippen molar-refractivity contribution < 1.29 is 4.79 Å². The summed E-state index contributed by atoms with van der Waals surface area (Å²) in [5.74, 6) is 0.810. The van der Waals surface area contributed by atoms with Crippen molar-refractivity contribution in [2.24, 2.45) is 11.3 Å². The number of hydrogen-bond acceptors (Lipinski definition) is 3. The molecule has 0 aliphatic carbocycles. The van der Waals surface area contributed by atoms with E-state index in [1.807, 2.05) is 0 Å². The Balaban J connectivity index is 0.00000324. The van der Waals surface area contributed by atoms with Crippen LogP contribution in [-0.2, 0) is 4.79 Å². The predicted molar refractivity (Wildman–Crippen MR) is 82.8 cm³/mol. The summed E-state index contributed by atoms with van der Waals surface area (Å²) >= 11 is 0. The van der Waals surface area contributed by atoms with Crippen LogP contribution >= 0.6 is 12.4 Å². The molecule has 1 fully saturated rings. The van der Waals surface area contributed by atoms with E-state index in [1.165, 1.54) is 6.42 Å². The van der Waals surface area contributed by atoms with Crippen molar-refractivity contribution in [2.45, 2.75) is 39.7 Å². The van der Waals surface area contributed by atoms with Crippen molar-refractivity contribution in [3.63, 3.8) is 0 Å². The summed E-state index contributed by atoms with van der Waals surface area (Å²) in [6.07, 6.45) is 2.13. The molecule has 19 heavy (non-hydrogen) atoms. The first-order valence-electron chi connectivity index (χ1n) is 6.96. The van der Waals surface area contributed by atoms with Gasteiger partial charge in [0.1, 0.15) is 0 Å². The molecule has 2 N–H and O–H groups in total. The Bertz CT molecular complexity index is 282. The molecular formula is C14H30ClN3O. The highest BCUT2D eigenvalue weighted by molar-refractivity contribution is 5.85. The highest BCUT2D eigenvalue weighted by Crippen LogP contribution is 2.17. The van der Waals surface area contributed by atoms with Gasteiger partial charge >= 0.3 is 0 Å². The Labute approximate surface area is 124 Å². The van der Waals surface area contributed by atoms with Gasteiger partial charge in [-0.05, 0) is 44.8 Å². The lowest BCUT2D eigenvalue weighted by atomic mass is 9.91. The first-order valence-corrected chi connectivity index (χ1v) is 6.96. The molecule has 1 rings (SSSR count). The van der Waals surface area contributed by atoms with Crippen LogP contribution in [0.15, 0.2) is 0 Å². The second-order valence-corrected chi connectivity index (χ2v) is 6.76. The van der Waals surface area contributed by atoms with Crippen LogP contribution in [0.3, 0.4) is 0 Å². The fourth-order valence-corrected chi connectivity index (χ4v) is 2.67. The van der Waals surface area contributed by atoms with Crippen molar-refractivity contribution in [2.75, 3.05) is 33.7 Å². The number of rotatable bonds is 5. The molecular weight excluding hydrogens is 262 g/mol. The summed E-state index contributed by atoms with van der Waals surface area (Å²) in [5, 5.41) is 6.39. The molecule has 0 aromatic carbocycles. The first-order chi connectivity index (χ1) is 8.30. The Morgan fingerprint density at radius 1 is 1.42 bits per heavy atom. The summed E-state index contributed by atoms with van der Waals surface area (Å²) in [6, 6.07) is 0.00362. The van der Waals surface area contributed by atoms with Crippen LogP contribution in [0.1, 0.15) is 33.6 Å². The average Bonchev–Trinajstić information content (AvgIpc) is 2.24. The third kappa shape index (κ3) is 7.14. The highest BCUT2D eigenvalue weighted by Gasteiger charge is 2.26. The lowest BCUT2D eigenvalue weighted by Gasteiger charge is -2.31. The van der Waals surface area contributed by atoms with Gasteiger partial charge in [0, 0.05) is 13.1 Å². The lowest BCUT2D eigenvalue weighted by Crippen LogP contribution is -2.50. The molecule has 1 aliphatic heterocycles. The van der Waals surface area contributed by atoms with Gasteiger partial charge in [0.25, 0.3) is 0 Å². The number of piperidine rings is 1. The van der Waals surface area contributed by atoms with Crippen LogP contribution in [0.4, 0.5) is 0 Å². The number of carbonyl (C=O) groups excluding carboxylic acids is 1. The van der Waals surface area contributed by atoms with Crippen molar-refractivity contribution in [1.29, 1.82) is 0 Å². The van der Waals surface area contributed by atoms with E-state index in [-0.39, 0.29) is 29.8 Å². The Hall–Kier alpha value is -0.320. The predicted octanol–water partition coefficient (Wildman–Crippen LogP) is 1.50. The third-order valence-corrected chi connectivity index (χ3v) is 3.47. The van der Waals surface area contributed by atoms with Gasteiger partial charge in [-0.15, -0.1) is 12.4 Å². The molecule has 114 valence electrons. The average molecular weight is 292 g/mol. The van der Waals surface area contributed by atoms with Crippen molar-refractivity contribution >= 4 is 18.3 Å². The smallest absolute Gasteiger partial charge is 0.237 e. The van der Waals surface area contributed by atoms with E-state index in [0.717, 1.165) is 26.1 Å². The number of carbonyl (C=O) groups is 1. The van der Waals surface area contributed by atoms with Crippen molar-refractivity contribution in [1.82, 2.24) is 15.5 Å². The number of halogens is 1. The van der Waals surface area contributed by atoms with Gasteiger partial charge < -0.3 is 15.5 Å². The van der Waals surface area contributed by atoms with Crippen LogP contribution < -0.4 is 10.6 Å². The molecule has 1 heterocycles. The lowest BCUT2D eigenvalue weighted by molar-refractivity contribution is -0.124. The number of nitrogens with zero attached hydrogens (tertiary/aromatic N) is 1. The van der Waals surface area contributed by atoms with Crippen LogP contribution in [-0.4, -0.2) is 50.6 Å². The van der Waals surface area contributed by atoms with Crippen molar-refractivity contribution in [3.05, 3.63) is 0 Å². The monoisotopic (exact) mass is 291 g/mol. The maximum absolute atomic E-state index is 12.1. The molecule has 2 unspecified atom stereocenters. The van der Waals surface area contributed by atoms with Gasteiger partial charge in [-0.25, -0.2) is 0 Å². The van der Waals surface area contributed by atoms with E-state index in [2.05, 4.69) is 50.4 Å². The summed E-state index contributed by atoms with van der Waals surface area (Å²) in [4.78, 5) is 14.2. The van der Waals surface area contributed by atoms with Gasteiger partial charge in [-0.3, -0.25) is 4.79 Å². The maximum atomic E-state index is 12.1. The van der Waals surface area contributed by atoms with Crippen molar-refractivity contribution in [3.8, 4) is 0 Å². The Morgan fingerprint density at radius 2 is 2.05 bits per heavy atom. The standard InChI is InChI=1S/C14H29N3O.ClH/c1-11-6-7-15-12(8-11)13(18)16-9-14(2,3)10-17(4)5;/h11-12,15H,6-10H2,1-5H3,(H,16,18);1H. The van der Waals surface area contributed by atoms with Gasteiger partial charge in [0.15, 0.2) is 0 Å². The van der Waals surface area contributed by atoms with E-state index in [4.69, 9.17) is 0 Å². The quantitative estimate of drug-likeness (QED) is 0.807. The number of amides is 1. The van der Waals surface area contributed by atoms with Gasteiger partial charge in [0.2, 0.25) is 5.91 Å². The van der Waals surface area contributed by atoms with E-state index < -0.39 is 0 Å². The molecule has 0 spiro atoms. The summed E-state index contributed by atoms with van der Waals surface area (Å²) in [6.45, 7) is 9.25. The topological polar surface area (TPSA) is 44.4 Å². The van der Waals surface area contributed by atoms with E-state index >= 15 is 0 Å². The first kappa shape index (κ1) is 18.7. The summed E-state index contributed by atoms with van der Waals surface area (Å²) in [7, 11) is 4.13. The minimum atomic E-state index is 0. The van der Waals surface area contributed by atoms with Gasteiger partial charge in [-0.1, -0.05) is 20.8 Å². The second-order valence-electron chi connectivity index (χ2n) is 6.76. The van der Waals surface area contributed by atoms with Crippen LogP contribution in [0.25, 0.3) is 0 Å². The van der Waals surface area contributed by atoms with Crippen LogP contribution in [0.5, 0.6) is 0 Å². The summed E-state index contributed by atoms with van der Waals surface area (Å²) < 4.78 is 0. The molecule has 0 saturated carbocycles. The molecule has 1 aliphatic rings. The molecule has 0 aromatic heterocycles. The second kappa shape index (κ2) is 8.08. The molecule has 1 saturated heterocycles. The van der Waals surface area contributed by atoms with E-state index in [9.17, 15) is 4.79 Å². The molecule has 5 heteroatoms. The molecule has 0 radical (unpaired) electrons. The van der Waals surface area contributed by atoms with Crippen LogP contribution in [0, 0.1) is 11.3 Å². The zero-order chi connectivity index (χ0) is 13.8. The molecule has 0 aromatic rings.